The third kappa shape index (κ3) is 6.00. The van der Waals surface area contributed by atoms with Crippen molar-refractivity contribution in [2.24, 2.45) is 0 Å². The van der Waals surface area contributed by atoms with Gasteiger partial charge >= 0.3 is 0 Å². The van der Waals surface area contributed by atoms with Crippen LogP contribution in [-0.4, -0.2) is 52.4 Å². The van der Waals surface area contributed by atoms with Crippen molar-refractivity contribution in [2.75, 3.05) is 13.6 Å². The Labute approximate surface area is 220 Å². The van der Waals surface area contributed by atoms with Crippen LogP contribution in [0.5, 0.6) is 0 Å². The Morgan fingerprint density at radius 2 is 1.80 bits per heavy atom. The Hall–Kier alpha value is -2.13. The van der Waals surface area contributed by atoms with E-state index in [2.05, 4.69) is 32.5 Å². The summed E-state index contributed by atoms with van der Waals surface area (Å²) < 4.78 is 0. The van der Waals surface area contributed by atoms with Crippen molar-refractivity contribution in [3.05, 3.63) is 50.6 Å². The van der Waals surface area contributed by atoms with Crippen molar-refractivity contribution in [1.29, 1.82) is 0 Å². The second kappa shape index (κ2) is 11.3. The number of carbonyl (C=O) groups is 2. The number of hydrogen-bond acceptors (Lipinski definition) is 5. The second-order valence-electron chi connectivity index (χ2n) is 9.44. The van der Waals surface area contributed by atoms with Crippen molar-refractivity contribution in [3.63, 3.8) is 0 Å². The van der Waals surface area contributed by atoms with Crippen molar-refractivity contribution in [3.8, 4) is 0 Å². The standard InChI is InChI=1S/C25H30ClN5O2S.ClH/c1-31-11-10-20-22(14-31)34-25(30-20)24(33)29-19-7-5-3-2-4-6-18(19)28-23(32)21-13-15-12-16(26)8-9-17(15)27-21;/h8-9,12-13,18-19,27H,2-7,10-11,14H2,1H3,(H,28,32)(H,29,33);1H/t18-,19+;/m1./s1. The summed E-state index contributed by atoms with van der Waals surface area (Å²) in [5.41, 5.74) is 2.42. The minimum absolute atomic E-state index is 0. The Kier molecular flexibility index (Phi) is 8.37. The fourth-order valence-corrected chi connectivity index (χ4v) is 6.22. The highest BCUT2D eigenvalue weighted by molar-refractivity contribution is 7.13. The molecule has 1 fully saturated rings. The summed E-state index contributed by atoms with van der Waals surface area (Å²) in [5, 5.41) is 8.48. The van der Waals surface area contributed by atoms with E-state index in [1.807, 2.05) is 18.2 Å². The third-order valence-electron chi connectivity index (χ3n) is 6.84. The molecule has 1 aromatic carbocycles. The first-order chi connectivity index (χ1) is 16.5. The van der Waals surface area contributed by atoms with Crippen molar-refractivity contribution in [2.45, 2.75) is 63.6 Å². The van der Waals surface area contributed by atoms with Gasteiger partial charge in [-0.1, -0.05) is 37.3 Å². The Balaban J connectivity index is 0.00000289. The first-order valence-corrected chi connectivity index (χ1v) is 13.2. The van der Waals surface area contributed by atoms with E-state index in [1.165, 1.54) is 16.2 Å². The molecule has 3 heterocycles. The monoisotopic (exact) mass is 535 g/mol. The maximum absolute atomic E-state index is 13.2. The number of carbonyl (C=O) groups excluding carboxylic acids is 2. The number of benzene rings is 1. The van der Waals surface area contributed by atoms with Gasteiger partial charge in [-0.3, -0.25) is 9.59 Å². The summed E-state index contributed by atoms with van der Waals surface area (Å²) >= 11 is 7.59. The van der Waals surface area contributed by atoms with Crippen LogP contribution in [0, 0.1) is 0 Å². The van der Waals surface area contributed by atoms with E-state index in [-0.39, 0.29) is 36.3 Å². The van der Waals surface area contributed by atoms with E-state index in [9.17, 15) is 9.59 Å². The molecule has 0 spiro atoms. The fourth-order valence-electron chi connectivity index (χ4n) is 4.95. The molecule has 35 heavy (non-hydrogen) atoms. The zero-order valence-corrected chi connectivity index (χ0v) is 22.1. The molecule has 5 rings (SSSR count). The highest BCUT2D eigenvalue weighted by atomic mass is 35.5. The molecule has 0 saturated heterocycles. The summed E-state index contributed by atoms with van der Waals surface area (Å²) in [6, 6.07) is 7.08. The van der Waals surface area contributed by atoms with Crippen LogP contribution in [0.25, 0.3) is 10.9 Å². The fraction of sp³-hybridized carbons (Fsp3) is 0.480. The molecule has 1 aliphatic heterocycles. The molecular formula is C25H31Cl2N5O2S. The molecule has 0 bridgehead atoms. The zero-order valence-electron chi connectivity index (χ0n) is 19.7. The van der Waals surface area contributed by atoms with E-state index in [4.69, 9.17) is 11.6 Å². The number of rotatable bonds is 4. The van der Waals surface area contributed by atoms with Gasteiger partial charge in [0.15, 0.2) is 5.01 Å². The van der Waals surface area contributed by atoms with E-state index >= 15 is 0 Å². The average Bonchev–Trinajstić information content (AvgIpc) is 3.41. The van der Waals surface area contributed by atoms with Crippen LogP contribution in [0.15, 0.2) is 24.3 Å². The van der Waals surface area contributed by atoms with Crippen LogP contribution >= 0.6 is 35.3 Å². The number of likely N-dealkylation sites (N-methyl/N-ethyl adjacent to an activating group) is 1. The molecule has 188 valence electrons. The number of halogens is 2. The van der Waals surface area contributed by atoms with Gasteiger partial charge in [0.1, 0.15) is 5.69 Å². The van der Waals surface area contributed by atoms with Crippen LogP contribution in [0.4, 0.5) is 0 Å². The van der Waals surface area contributed by atoms with E-state index in [0.29, 0.717) is 15.7 Å². The maximum Gasteiger partial charge on any atom is 0.280 e. The van der Waals surface area contributed by atoms with Crippen LogP contribution in [-0.2, 0) is 13.0 Å². The van der Waals surface area contributed by atoms with E-state index in [0.717, 1.165) is 74.6 Å². The van der Waals surface area contributed by atoms with E-state index < -0.39 is 0 Å². The van der Waals surface area contributed by atoms with Crippen LogP contribution < -0.4 is 10.6 Å². The lowest BCUT2D eigenvalue weighted by molar-refractivity contribution is 0.0868. The SMILES string of the molecule is CN1CCc2nc(C(=O)N[C@H]3CCCCCC[C@H]3NC(=O)c3cc4cc(Cl)ccc4[nH]3)sc2C1.Cl. The molecule has 10 heteroatoms. The van der Waals surface area contributed by atoms with Gasteiger partial charge in [0, 0.05) is 52.4 Å². The highest BCUT2D eigenvalue weighted by Crippen LogP contribution is 2.26. The molecule has 3 N–H and O–H groups in total. The number of amides is 2. The zero-order chi connectivity index (χ0) is 23.7. The number of hydrogen-bond donors (Lipinski definition) is 3. The Bertz CT molecular complexity index is 1210. The number of H-pyrrole nitrogens is 1. The summed E-state index contributed by atoms with van der Waals surface area (Å²) in [4.78, 5) is 37.5. The number of aromatic nitrogens is 2. The lowest BCUT2D eigenvalue weighted by Crippen LogP contribution is -2.52. The van der Waals surface area contributed by atoms with E-state index in [1.54, 1.807) is 6.07 Å². The first-order valence-electron chi connectivity index (χ1n) is 12.0. The summed E-state index contributed by atoms with van der Waals surface area (Å²) in [5.74, 6) is -0.294. The molecule has 3 aromatic rings. The molecule has 2 aromatic heterocycles. The minimum Gasteiger partial charge on any atom is -0.351 e. The topological polar surface area (TPSA) is 90.1 Å². The van der Waals surface area contributed by atoms with Gasteiger partial charge in [0.2, 0.25) is 0 Å². The normalized spacial score (nSPS) is 20.9. The largest absolute Gasteiger partial charge is 0.351 e. The average molecular weight is 537 g/mol. The van der Waals surface area contributed by atoms with Crippen molar-refractivity contribution < 1.29 is 9.59 Å². The molecule has 0 radical (unpaired) electrons. The van der Waals surface area contributed by atoms with Gasteiger partial charge in [0.05, 0.1) is 5.69 Å². The molecule has 1 aliphatic carbocycles. The summed E-state index contributed by atoms with van der Waals surface area (Å²) in [6.07, 6.45) is 6.90. The lowest BCUT2D eigenvalue weighted by atomic mass is 9.92. The smallest absolute Gasteiger partial charge is 0.280 e. The molecule has 2 aliphatic rings. The van der Waals surface area contributed by atoms with Crippen LogP contribution in [0.1, 0.15) is 69.4 Å². The van der Waals surface area contributed by atoms with Gasteiger partial charge in [-0.05, 0) is 44.2 Å². The van der Waals surface area contributed by atoms with Crippen molar-refractivity contribution in [1.82, 2.24) is 25.5 Å². The number of fused-ring (bicyclic) bond motifs is 2. The van der Waals surface area contributed by atoms with Crippen LogP contribution in [0.2, 0.25) is 5.02 Å². The highest BCUT2D eigenvalue weighted by Gasteiger charge is 2.29. The summed E-state index contributed by atoms with van der Waals surface area (Å²) in [7, 11) is 2.09. The maximum atomic E-state index is 13.2. The predicted molar refractivity (Wildman–Crippen MR) is 143 cm³/mol. The number of aromatic amines is 1. The van der Waals surface area contributed by atoms with Gasteiger partial charge in [-0.15, -0.1) is 23.7 Å². The van der Waals surface area contributed by atoms with Gasteiger partial charge in [-0.2, -0.15) is 0 Å². The predicted octanol–water partition coefficient (Wildman–Crippen LogP) is 4.94. The first kappa shape index (κ1) is 25.9. The molecule has 0 unspecified atom stereocenters. The third-order valence-corrected chi connectivity index (χ3v) is 8.16. The Morgan fingerprint density at radius 1 is 1.09 bits per heavy atom. The molecule has 1 saturated carbocycles. The molecular weight excluding hydrogens is 505 g/mol. The van der Waals surface area contributed by atoms with Crippen molar-refractivity contribution >= 4 is 58.1 Å². The lowest BCUT2D eigenvalue weighted by Gasteiger charge is -2.30. The van der Waals surface area contributed by atoms with Gasteiger partial charge < -0.3 is 20.5 Å². The molecule has 2 atom stereocenters. The second-order valence-corrected chi connectivity index (χ2v) is 11.0. The minimum atomic E-state index is -0.162. The van der Waals surface area contributed by atoms with Gasteiger partial charge in [-0.25, -0.2) is 4.98 Å². The summed E-state index contributed by atoms with van der Waals surface area (Å²) in [6.45, 7) is 1.81. The van der Waals surface area contributed by atoms with Crippen LogP contribution in [0.3, 0.4) is 0 Å². The van der Waals surface area contributed by atoms with Gasteiger partial charge in [0.25, 0.3) is 11.8 Å². The quantitative estimate of drug-likeness (QED) is 0.441. The molecule has 2 amide bonds. The molecule has 7 nitrogen and oxygen atoms in total. The number of nitrogens with zero attached hydrogens (tertiary/aromatic N) is 2. The number of thiazole rings is 1. The number of nitrogens with one attached hydrogen (secondary N) is 3. The Morgan fingerprint density at radius 3 is 2.54 bits per heavy atom.